The quantitative estimate of drug-likeness (QED) is 0.722. The lowest BCUT2D eigenvalue weighted by molar-refractivity contribution is 0.0591. The molecule has 8 heteroatoms. The summed E-state index contributed by atoms with van der Waals surface area (Å²) in [5.74, 6) is -2.38. The summed E-state index contributed by atoms with van der Waals surface area (Å²) < 4.78 is 5.77. The molecule has 0 fully saturated rings. The number of aromatic nitrogens is 1. The average Bonchev–Trinajstić information content (AvgIpc) is 2.83. The van der Waals surface area contributed by atoms with E-state index in [1.807, 2.05) is 6.07 Å². The van der Waals surface area contributed by atoms with Crippen molar-refractivity contribution in [2.75, 3.05) is 12.8 Å². The Kier molecular flexibility index (Phi) is 3.73. The fraction of sp³-hybridized carbons (Fsp3) is 0.0714. The Morgan fingerprint density at radius 2 is 2.09 bits per heavy atom. The number of phenols is 1. The molecule has 0 unspecified atom stereocenters. The first kappa shape index (κ1) is 14.9. The predicted molar refractivity (Wildman–Crippen MR) is 74.9 cm³/mol. The van der Waals surface area contributed by atoms with Crippen LogP contribution in [-0.2, 0) is 4.74 Å². The molecule has 1 heterocycles. The Labute approximate surface area is 124 Å². The van der Waals surface area contributed by atoms with Gasteiger partial charge in [-0.1, -0.05) is 0 Å². The number of carboxylic acids is 1. The number of nitrogens with two attached hydrogens (primary N) is 1. The number of nitrogens with zero attached hydrogens (tertiary/aromatic N) is 2. The Bertz CT molecular complexity index is 817. The Morgan fingerprint density at radius 1 is 1.41 bits per heavy atom. The molecule has 0 aliphatic rings. The van der Waals surface area contributed by atoms with Crippen molar-refractivity contribution in [3.8, 4) is 17.5 Å². The van der Waals surface area contributed by atoms with Crippen molar-refractivity contribution in [1.82, 2.24) is 4.57 Å². The van der Waals surface area contributed by atoms with Crippen molar-refractivity contribution in [2.45, 2.75) is 0 Å². The number of nitrogen functional groups attached to an aromatic ring is 1. The Hall–Kier alpha value is -3.47. The number of benzene rings is 1. The van der Waals surface area contributed by atoms with E-state index >= 15 is 0 Å². The number of carboxylic acid groups (broad SMARTS) is 1. The van der Waals surface area contributed by atoms with Crippen LogP contribution in [0.15, 0.2) is 24.4 Å². The van der Waals surface area contributed by atoms with E-state index in [1.54, 1.807) is 0 Å². The molecule has 0 bridgehead atoms. The van der Waals surface area contributed by atoms with Crippen LogP contribution in [0.25, 0.3) is 5.69 Å². The minimum atomic E-state index is -1.31. The molecule has 1 aromatic heterocycles. The molecular formula is C14H11N3O5. The molecule has 0 atom stereocenters. The largest absolute Gasteiger partial charge is 0.508 e. The molecule has 0 saturated carbocycles. The number of aromatic carboxylic acids is 1. The SMILES string of the molecule is COC(=O)c1c(N)c(C#N)cn1-c1ccc(O)cc1C(=O)O. The van der Waals surface area contributed by atoms with Crippen LogP contribution in [0.1, 0.15) is 26.4 Å². The summed E-state index contributed by atoms with van der Waals surface area (Å²) in [4.78, 5) is 23.2. The smallest absolute Gasteiger partial charge is 0.357 e. The molecule has 0 aliphatic carbocycles. The third-order valence-corrected chi connectivity index (χ3v) is 3.01. The number of anilines is 1. The van der Waals surface area contributed by atoms with Gasteiger partial charge in [-0.15, -0.1) is 0 Å². The first-order valence-corrected chi connectivity index (χ1v) is 5.96. The summed E-state index contributed by atoms with van der Waals surface area (Å²) in [7, 11) is 1.14. The lowest BCUT2D eigenvalue weighted by atomic mass is 10.1. The highest BCUT2D eigenvalue weighted by Gasteiger charge is 2.24. The van der Waals surface area contributed by atoms with Crippen molar-refractivity contribution in [3.63, 3.8) is 0 Å². The van der Waals surface area contributed by atoms with Gasteiger partial charge in [0.15, 0.2) is 5.69 Å². The summed E-state index contributed by atoms with van der Waals surface area (Å²) in [5, 5.41) is 27.7. The zero-order valence-corrected chi connectivity index (χ0v) is 11.4. The summed E-state index contributed by atoms with van der Waals surface area (Å²) in [6, 6.07) is 5.40. The van der Waals surface area contributed by atoms with Gasteiger partial charge in [-0.3, -0.25) is 0 Å². The number of ether oxygens (including phenoxy) is 1. The van der Waals surface area contributed by atoms with Crippen molar-refractivity contribution < 1.29 is 24.5 Å². The maximum Gasteiger partial charge on any atom is 0.357 e. The zero-order chi connectivity index (χ0) is 16.4. The van der Waals surface area contributed by atoms with Gasteiger partial charge in [0.05, 0.1) is 29.6 Å². The van der Waals surface area contributed by atoms with Gasteiger partial charge in [0.1, 0.15) is 11.8 Å². The van der Waals surface area contributed by atoms with Gasteiger partial charge in [-0.25, -0.2) is 9.59 Å². The maximum absolute atomic E-state index is 11.9. The van der Waals surface area contributed by atoms with E-state index < -0.39 is 11.9 Å². The standard InChI is InChI=1S/C14H11N3O5/c1-22-14(21)12-11(16)7(5-15)6-17(12)10-3-2-8(18)4-9(10)13(19)20/h2-4,6,18H,16H2,1H3,(H,19,20). The number of nitriles is 1. The minimum Gasteiger partial charge on any atom is -0.508 e. The first-order valence-electron chi connectivity index (χ1n) is 5.96. The second-order valence-corrected chi connectivity index (χ2v) is 4.29. The van der Waals surface area contributed by atoms with Crippen molar-refractivity contribution in [1.29, 1.82) is 5.26 Å². The monoisotopic (exact) mass is 301 g/mol. The van der Waals surface area contributed by atoms with Crippen LogP contribution in [0.4, 0.5) is 5.69 Å². The number of esters is 1. The van der Waals surface area contributed by atoms with Crippen molar-refractivity contribution in [3.05, 3.63) is 41.2 Å². The summed E-state index contributed by atoms with van der Waals surface area (Å²) >= 11 is 0. The normalized spacial score (nSPS) is 10.0. The van der Waals surface area contributed by atoms with Crippen molar-refractivity contribution in [2.24, 2.45) is 0 Å². The lowest BCUT2D eigenvalue weighted by Gasteiger charge is -2.11. The number of aromatic hydroxyl groups is 1. The minimum absolute atomic E-state index is 0.00446. The second-order valence-electron chi connectivity index (χ2n) is 4.29. The topological polar surface area (TPSA) is 139 Å². The summed E-state index contributed by atoms with van der Waals surface area (Å²) in [6.07, 6.45) is 1.24. The Morgan fingerprint density at radius 3 is 2.64 bits per heavy atom. The molecule has 0 radical (unpaired) electrons. The van der Waals surface area contributed by atoms with Gasteiger partial charge in [0, 0.05) is 6.20 Å². The Balaban J connectivity index is 2.81. The predicted octanol–water partition coefficient (Wildman–Crippen LogP) is 1.12. The van der Waals surface area contributed by atoms with Crippen LogP contribution in [-0.4, -0.2) is 33.8 Å². The van der Waals surface area contributed by atoms with E-state index in [-0.39, 0.29) is 33.9 Å². The van der Waals surface area contributed by atoms with Gasteiger partial charge >= 0.3 is 11.9 Å². The number of hydrogen-bond acceptors (Lipinski definition) is 6. The van der Waals surface area contributed by atoms with Gasteiger partial charge in [-0.2, -0.15) is 5.26 Å². The van der Waals surface area contributed by atoms with E-state index in [2.05, 4.69) is 4.74 Å². The van der Waals surface area contributed by atoms with Crippen LogP contribution in [0.2, 0.25) is 0 Å². The molecule has 0 aliphatic heterocycles. The molecule has 22 heavy (non-hydrogen) atoms. The number of carbonyl (C=O) groups excluding carboxylic acids is 1. The fourth-order valence-corrected chi connectivity index (χ4v) is 2.01. The van der Waals surface area contributed by atoms with Gasteiger partial charge in [-0.05, 0) is 18.2 Å². The van der Waals surface area contributed by atoms with E-state index in [4.69, 9.17) is 11.0 Å². The molecule has 112 valence electrons. The van der Waals surface area contributed by atoms with Gasteiger partial charge in [0.25, 0.3) is 0 Å². The molecule has 2 rings (SSSR count). The molecule has 8 nitrogen and oxygen atoms in total. The first-order chi connectivity index (χ1) is 10.4. The van der Waals surface area contributed by atoms with Crippen LogP contribution in [0.3, 0.4) is 0 Å². The summed E-state index contributed by atoms with van der Waals surface area (Å²) in [5.41, 5.74) is 5.28. The molecule has 0 saturated heterocycles. The van der Waals surface area contributed by atoms with E-state index in [1.165, 1.54) is 18.3 Å². The molecule has 1 aromatic carbocycles. The van der Waals surface area contributed by atoms with Crippen LogP contribution >= 0.6 is 0 Å². The molecule has 0 amide bonds. The fourth-order valence-electron chi connectivity index (χ4n) is 2.01. The van der Waals surface area contributed by atoms with E-state index in [0.29, 0.717) is 0 Å². The highest BCUT2D eigenvalue weighted by molar-refractivity contribution is 5.98. The summed E-state index contributed by atoms with van der Waals surface area (Å²) in [6.45, 7) is 0. The number of methoxy groups -OCH3 is 1. The number of phenolic OH excluding ortho intramolecular Hbond substituents is 1. The molecule has 4 N–H and O–H groups in total. The highest BCUT2D eigenvalue weighted by atomic mass is 16.5. The third-order valence-electron chi connectivity index (χ3n) is 3.01. The zero-order valence-electron chi connectivity index (χ0n) is 11.4. The third kappa shape index (κ3) is 2.31. The second kappa shape index (κ2) is 5.49. The van der Waals surface area contributed by atoms with Crippen molar-refractivity contribution >= 4 is 17.6 Å². The van der Waals surface area contributed by atoms with Crippen LogP contribution in [0.5, 0.6) is 5.75 Å². The molecule has 2 aromatic rings. The lowest BCUT2D eigenvalue weighted by Crippen LogP contribution is -2.13. The van der Waals surface area contributed by atoms with Gasteiger partial charge < -0.3 is 25.3 Å². The highest BCUT2D eigenvalue weighted by Crippen LogP contribution is 2.28. The van der Waals surface area contributed by atoms with Crippen LogP contribution in [0, 0.1) is 11.3 Å². The number of rotatable bonds is 3. The molecule has 0 spiro atoms. The molecular weight excluding hydrogens is 290 g/mol. The van der Waals surface area contributed by atoms with E-state index in [0.717, 1.165) is 17.7 Å². The maximum atomic E-state index is 11.9. The average molecular weight is 301 g/mol. The number of hydrogen-bond donors (Lipinski definition) is 3. The van der Waals surface area contributed by atoms with E-state index in [9.17, 15) is 19.8 Å². The number of carbonyl (C=O) groups is 2. The van der Waals surface area contributed by atoms with Crippen LogP contribution < -0.4 is 5.73 Å². The van der Waals surface area contributed by atoms with Gasteiger partial charge in [0.2, 0.25) is 0 Å².